The Labute approximate surface area is 103 Å². The van der Waals surface area contributed by atoms with Gasteiger partial charge in [-0.3, -0.25) is 0 Å². The largest absolute Gasteiger partial charge is 0.383 e. The molecule has 0 amide bonds. The third-order valence-corrected chi connectivity index (χ3v) is 3.43. The summed E-state index contributed by atoms with van der Waals surface area (Å²) in [5.74, 6) is 1.20. The average Bonchev–Trinajstić information content (AvgIpc) is 2.33. The summed E-state index contributed by atoms with van der Waals surface area (Å²) in [7, 11) is 1.72. The van der Waals surface area contributed by atoms with Crippen molar-refractivity contribution in [3.05, 3.63) is 29.8 Å². The second-order valence-electron chi connectivity index (χ2n) is 3.66. The van der Waals surface area contributed by atoms with Crippen molar-refractivity contribution in [2.75, 3.05) is 26.0 Å². The fourth-order valence-corrected chi connectivity index (χ4v) is 2.10. The molecule has 1 N–H and O–H groups in total. The summed E-state index contributed by atoms with van der Waals surface area (Å²) in [6.45, 7) is 4.80. The van der Waals surface area contributed by atoms with Crippen LogP contribution in [-0.2, 0) is 11.3 Å². The molecule has 0 unspecified atom stereocenters. The first kappa shape index (κ1) is 13.6. The fourth-order valence-electron chi connectivity index (χ4n) is 1.33. The monoisotopic (exact) mass is 239 g/mol. The molecule has 0 saturated heterocycles. The van der Waals surface area contributed by atoms with Crippen LogP contribution in [0.25, 0.3) is 0 Å². The summed E-state index contributed by atoms with van der Waals surface area (Å²) in [6, 6.07) is 8.79. The quantitative estimate of drug-likeness (QED) is 0.557. The highest BCUT2D eigenvalue weighted by molar-refractivity contribution is 7.99. The number of hydrogen-bond donors (Lipinski definition) is 1. The normalized spacial score (nSPS) is 10.6. The molecule has 1 rings (SSSR count). The smallest absolute Gasteiger partial charge is 0.0587 e. The molecule has 1 aromatic carbocycles. The zero-order chi connectivity index (χ0) is 11.6. The molecular formula is C13H21NOS. The van der Waals surface area contributed by atoms with Gasteiger partial charge in [0.15, 0.2) is 0 Å². The molecule has 0 saturated carbocycles. The number of thioether (sulfide) groups is 1. The fraction of sp³-hybridized carbons (Fsp3) is 0.538. The minimum absolute atomic E-state index is 0.768. The molecule has 3 heteroatoms. The predicted molar refractivity (Wildman–Crippen MR) is 71.0 cm³/mol. The third-order valence-electron chi connectivity index (χ3n) is 2.21. The van der Waals surface area contributed by atoms with E-state index < -0.39 is 0 Å². The maximum Gasteiger partial charge on any atom is 0.0587 e. The second kappa shape index (κ2) is 8.62. The first-order valence-corrected chi connectivity index (χ1v) is 6.76. The number of rotatable bonds is 8. The van der Waals surface area contributed by atoms with Crippen LogP contribution in [0.5, 0.6) is 0 Å². The van der Waals surface area contributed by atoms with E-state index in [1.165, 1.54) is 22.6 Å². The average molecular weight is 239 g/mol. The van der Waals surface area contributed by atoms with Crippen LogP contribution in [0, 0.1) is 0 Å². The number of hydrogen-bond acceptors (Lipinski definition) is 3. The van der Waals surface area contributed by atoms with Gasteiger partial charge in [0.2, 0.25) is 0 Å². The van der Waals surface area contributed by atoms with Gasteiger partial charge < -0.3 is 10.1 Å². The van der Waals surface area contributed by atoms with E-state index in [2.05, 4.69) is 36.5 Å². The second-order valence-corrected chi connectivity index (χ2v) is 4.83. The first-order valence-electron chi connectivity index (χ1n) is 5.78. The van der Waals surface area contributed by atoms with Crippen molar-refractivity contribution in [3.63, 3.8) is 0 Å². The molecular weight excluding hydrogens is 218 g/mol. The van der Waals surface area contributed by atoms with E-state index in [4.69, 9.17) is 4.74 Å². The van der Waals surface area contributed by atoms with Crippen molar-refractivity contribution in [1.82, 2.24) is 5.32 Å². The van der Waals surface area contributed by atoms with Gasteiger partial charge in [0, 0.05) is 25.1 Å². The Balaban J connectivity index is 2.27. The predicted octanol–water partition coefficient (Wildman–Crippen LogP) is 2.92. The van der Waals surface area contributed by atoms with Crippen molar-refractivity contribution in [2.24, 2.45) is 0 Å². The van der Waals surface area contributed by atoms with Crippen molar-refractivity contribution in [1.29, 1.82) is 0 Å². The zero-order valence-corrected chi connectivity index (χ0v) is 11.0. The third kappa shape index (κ3) is 5.54. The number of nitrogens with one attached hydrogen (secondary N) is 1. The van der Waals surface area contributed by atoms with Crippen molar-refractivity contribution in [2.45, 2.75) is 24.8 Å². The molecule has 0 radical (unpaired) electrons. The molecule has 0 aliphatic heterocycles. The van der Waals surface area contributed by atoms with Gasteiger partial charge in [-0.25, -0.2) is 0 Å². The van der Waals surface area contributed by atoms with E-state index >= 15 is 0 Å². The van der Waals surface area contributed by atoms with Crippen LogP contribution in [0.15, 0.2) is 29.2 Å². The summed E-state index contributed by atoms with van der Waals surface area (Å²) in [6.07, 6.45) is 1.23. The number of methoxy groups -OCH3 is 1. The summed E-state index contributed by atoms with van der Waals surface area (Å²) in [5, 5.41) is 3.33. The lowest BCUT2D eigenvalue weighted by atomic mass is 10.2. The van der Waals surface area contributed by atoms with Crippen LogP contribution in [0.2, 0.25) is 0 Å². The van der Waals surface area contributed by atoms with Gasteiger partial charge in [0.1, 0.15) is 0 Å². The Morgan fingerprint density at radius 2 is 2.00 bits per heavy atom. The van der Waals surface area contributed by atoms with Crippen molar-refractivity contribution < 1.29 is 4.74 Å². The van der Waals surface area contributed by atoms with Gasteiger partial charge in [-0.1, -0.05) is 19.1 Å². The maximum atomic E-state index is 4.98. The summed E-state index contributed by atoms with van der Waals surface area (Å²) in [5.41, 5.74) is 1.33. The summed E-state index contributed by atoms with van der Waals surface area (Å²) < 4.78 is 4.98. The summed E-state index contributed by atoms with van der Waals surface area (Å²) in [4.78, 5) is 1.36. The molecule has 0 atom stereocenters. The molecule has 0 aliphatic carbocycles. The maximum absolute atomic E-state index is 4.98. The Bertz CT molecular complexity index is 274. The Morgan fingerprint density at radius 1 is 1.25 bits per heavy atom. The lowest BCUT2D eigenvalue weighted by molar-refractivity contribution is 0.199. The zero-order valence-electron chi connectivity index (χ0n) is 10.2. The molecule has 0 heterocycles. The van der Waals surface area contributed by atoms with Crippen LogP contribution in [0.4, 0.5) is 0 Å². The Hall–Kier alpha value is -0.510. The van der Waals surface area contributed by atoms with Gasteiger partial charge in [-0.15, -0.1) is 11.8 Å². The lowest BCUT2D eigenvalue weighted by Gasteiger charge is -2.05. The number of ether oxygens (including phenoxy) is 1. The van der Waals surface area contributed by atoms with Crippen molar-refractivity contribution >= 4 is 11.8 Å². The molecule has 0 spiro atoms. The van der Waals surface area contributed by atoms with Crippen molar-refractivity contribution in [3.8, 4) is 0 Å². The van der Waals surface area contributed by atoms with E-state index in [0.717, 1.165) is 19.7 Å². The highest BCUT2D eigenvalue weighted by Gasteiger charge is 1.95. The molecule has 0 fully saturated rings. The molecule has 1 aromatic rings. The lowest BCUT2D eigenvalue weighted by Crippen LogP contribution is -2.18. The SMILES string of the molecule is CCCSc1ccc(CNCCOC)cc1. The molecule has 0 aromatic heterocycles. The van der Waals surface area contributed by atoms with Crippen LogP contribution in [0.3, 0.4) is 0 Å². The standard InChI is InChI=1S/C13H21NOS/c1-3-10-16-13-6-4-12(5-7-13)11-14-8-9-15-2/h4-7,14H,3,8-11H2,1-2H3. The molecule has 0 aliphatic rings. The van der Waals surface area contributed by atoms with Gasteiger partial charge in [0.05, 0.1) is 6.61 Å². The Morgan fingerprint density at radius 3 is 2.62 bits per heavy atom. The molecule has 90 valence electrons. The summed E-state index contributed by atoms with van der Waals surface area (Å²) >= 11 is 1.92. The highest BCUT2D eigenvalue weighted by atomic mass is 32.2. The van der Waals surface area contributed by atoms with Crippen LogP contribution in [-0.4, -0.2) is 26.0 Å². The van der Waals surface area contributed by atoms with Gasteiger partial charge in [-0.2, -0.15) is 0 Å². The minimum Gasteiger partial charge on any atom is -0.383 e. The molecule has 0 bridgehead atoms. The topological polar surface area (TPSA) is 21.3 Å². The highest BCUT2D eigenvalue weighted by Crippen LogP contribution is 2.18. The van der Waals surface area contributed by atoms with E-state index in [1.807, 2.05) is 11.8 Å². The first-order chi connectivity index (χ1) is 7.86. The molecule has 2 nitrogen and oxygen atoms in total. The van der Waals surface area contributed by atoms with Gasteiger partial charge in [-0.05, 0) is 29.9 Å². The van der Waals surface area contributed by atoms with Crippen LogP contribution < -0.4 is 5.32 Å². The van der Waals surface area contributed by atoms with Crippen LogP contribution >= 0.6 is 11.8 Å². The minimum atomic E-state index is 0.768. The van der Waals surface area contributed by atoms with Gasteiger partial charge in [0.25, 0.3) is 0 Å². The Kier molecular flexibility index (Phi) is 7.30. The van der Waals surface area contributed by atoms with Crippen LogP contribution in [0.1, 0.15) is 18.9 Å². The van der Waals surface area contributed by atoms with Gasteiger partial charge >= 0.3 is 0 Å². The number of benzene rings is 1. The van der Waals surface area contributed by atoms with E-state index in [1.54, 1.807) is 7.11 Å². The van der Waals surface area contributed by atoms with E-state index in [-0.39, 0.29) is 0 Å². The van der Waals surface area contributed by atoms with E-state index in [0.29, 0.717) is 0 Å². The molecule has 16 heavy (non-hydrogen) atoms. The van der Waals surface area contributed by atoms with E-state index in [9.17, 15) is 0 Å².